The number of aliphatic hydroxyl groups is 1. The first-order chi connectivity index (χ1) is 10.7. The molecule has 3 N–H and O–H groups in total. The fourth-order valence-corrected chi connectivity index (χ4v) is 2.97. The number of ether oxygens (including phenoxy) is 2. The van der Waals surface area contributed by atoms with Crippen molar-refractivity contribution >= 4 is 0 Å². The first-order valence-electron chi connectivity index (χ1n) is 8.39. The van der Waals surface area contributed by atoms with E-state index in [1.54, 1.807) is 7.11 Å². The molecule has 124 valence electrons. The van der Waals surface area contributed by atoms with Gasteiger partial charge in [0.1, 0.15) is 18.4 Å². The summed E-state index contributed by atoms with van der Waals surface area (Å²) >= 11 is 0. The molecule has 0 spiro atoms. The van der Waals surface area contributed by atoms with E-state index >= 15 is 0 Å². The second-order valence-corrected chi connectivity index (χ2v) is 6.51. The molecule has 22 heavy (non-hydrogen) atoms. The fourth-order valence-electron chi connectivity index (χ4n) is 2.97. The Balaban J connectivity index is 1.58. The monoisotopic (exact) mass is 308 g/mol. The van der Waals surface area contributed by atoms with E-state index in [-0.39, 0.29) is 0 Å². The normalized spacial score (nSPS) is 23.2. The van der Waals surface area contributed by atoms with Crippen molar-refractivity contribution in [2.45, 2.75) is 51.4 Å². The number of quaternary nitrogens is 1. The number of hydrogen-bond acceptors (Lipinski definition) is 3. The van der Waals surface area contributed by atoms with E-state index in [0.717, 1.165) is 23.8 Å². The first kappa shape index (κ1) is 17.3. The molecule has 0 amide bonds. The van der Waals surface area contributed by atoms with Gasteiger partial charge in [-0.3, -0.25) is 0 Å². The highest BCUT2D eigenvalue weighted by Crippen LogP contribution is 2.21. The zero-order valence-corrected chi connectivity index (χ0v) is 13.8. The van der Waals surface area contributed by atoms with Crippen LogP contribution in [0.5, 0.6) is 5.75 Å². The standard InChI is InChI=1S/C18H29NO3/c1-14-3-7-16(8-4-14)19-11-17(20)13-22-12-15-5-9-18(21-2)10-6-15/h5-6,9-10,14,16-17,19-20H,3-4,7-8,11-13H2,1-2H3/p+1/t14?,16?,17-/m1/s1. The lowest BCUT2D eigenvalue weighted by Crippen LogP contribution is -2.92. The Kier molecular flexibility index (Phi) is 7.16. The predicted octanol–water partition coefficient (Wildman–Crippen LogP) is 1.71. The SMILES string of the molecule is COc1ccc(COC[C@H](O)C[NH2+]C2CCC(C)CC2)cc1. The third kappa shape index (κ3) is 5.95. The zero-order chi connectivity index (χ0) is 15.8. The Morgan fingerprint density at radius 3 is 2.50 bits per heavy atom. The summed E-state index contributed by atoms with van der Waals surface area (Å²) in [6, 6.07) is 8.51. The van der Waals surface area contributed by atoms with Crippen LogP contribution in [0, 0.1) is 5.92 Å². The second-order valence-electron chi connectivity index (χ2n) is 6.51. The summed E-state index contributed by atoms with van der Waals surface area (Å²) in [4.78, 5) is 0. The topological polar surface area (TPSA) is 55.3 Å². The van der Waals surface area contributed by atoms with Gasteiger partial charge in [0.2, 0.25) is 0 Å². The highest BCUT2D eigenvalue weighted by molar-refractivity contribution is 5.26. The van der Waals surface area contributed by atoms with Gasteiger partial charge >= 0.3 is 0 Å². The molecule has 1 aromatic rings. The van der Waals surface area contributed by atoms with Crippen molar-refractivity contribution in [1.82, 2.24) is 0 Å². The third-order valence-electron chi connectivity index (χ3n) is 4.54. The average molecular weight is 308 g/mol. The lowest BCUT2D eigenvalue weighted by Gasteiger charge is -2.25. The van der Waals surface area contributed by atoms with Crippen molar-refractivity contribution in [3.05, 3.63) is 29.8 Å². The molecule has 0 heterocycles. The lowest BCUT2D eigenvalue weighted by atomic mass is 9.87. The predicted molar refractivity (Wildman–Crippen MR) is 86.9 cm³/mol. The van der Waals surface area contributed by atoms with Crippen molar-refractivity contribution in [3.8, 4) is 5.75 Å². The van der Waals surface area contributed by atoms with Gasteiger partial charge in [0.05, 0.1) is 26.4 Å². The van der Waals surface area contributed by atoms with E-state index in [1.165, 1.54) is 25.7 Å². The molecule has 1 saturated carbocycles. The third-order valence-corrected chi connectivity index (χ3v) is 4.54. The molecule has 1 aliphatic carbocycles. The van der Waals surface area contributed by atoms with Crippen molar-refractivity contribution in [2.24, 2.45) is 5.92 Å². The summed E-state index contributed by atoms with van der Waals surface area (Å²) in [6.45, 7) is 3.99. The minimum absolute atomic E-state index is 0.391. The number of hydrogen-bond donors (Lipinski definition) is 2. The number of rotatable bonds is 8. The second kappa shape index (κ2) is 9.13. The van der Waals surface area contributed by atoms with Crippen molar-refractivity contribution < 1.29 is 19.9 Å². The van der Waals surface area contributed by atoms with E-state index in [1.807, 2.05) is 24.3 Å². The van der Waals surface area contributed by atoms with Gasteiger partial charge in [-0.05, 0) is 49.3 Å². The van der Waals surface area contributed by atoms with E-state index in [4.69, 9.17) is 9.47 Å². The zero-order valence-electron chi connectivity index (χ0n) is 13.8. The highest BCUT2D eigenvalue weighted by atomic mass is 16.5. The summed E-state index contributed by atoms with van der Waals surface area (Å²) in [5.74, 6) is 1.72. The van der Waals surface area contributed by atoms with Gasteiger partial charge in [0.25, 0.3) is 0 Å². The first-order valence-corrected chi connectivity index (χ1v) is 8.39. The Hall–Kier alpha value is -1.10. The number of methoxy groups -OCH3 is 1. The van der Waals surface area contributed by atoms with Gasteiger partial charge in [-0.25, -0.2) is 0 Å². The smallest absolute Gasteiger partial charge is 0.126 e. The van der Waals surface area contributed by atoms with Crippen LogP contribution in [0.1, 0.15) is 38.2 Å². The molecule has 0 aliphatic heterocycles. The van der Waals surface area contributed by atoms with E-state index in [9.17, 15) is 5.11 Å². The summed E-state index contributed by atoms with van der Waals surface area (Å²) in [5, 5.41) is 12.3. The molecule has 0 saturated heterocycles. The summed E-state index contributed by atoms with van der Waals surface area (Å²) in [6.07, 6.45) is 4.81. The van der Waals surface area contributed by atoms with Gasteiger partial charge in [-0.15, -0.1) is 0 Å². The van der Waals surface area contributed by atoms with Crippen LogP contribution in [0.4, 0.5) is 0 Å². The van der Waals surface area contributed by atoms with Crippen LogP contribution in [-0.4, -0.2) is 37.5 Å². The van der Waals surface area contributed by atoms with Crippen LogP contribution < -0.4 is 10.1 Å². The van der Waals surface area contributed by atoms with Crippen LogP contribution in [0.25, 0.3) is 0 Å². The highest BCUT2D eigenvalue weighted by Gasteiger charge is 2.21. The molecule has 0 aromatic heterocycles. The summed E-state index contributed by atoms with van der Waals surface area (Å²) < 4.78 is 10.7. The fraction of sp³-hybridized carbons (Fsp3) is 0.667. The number of nitrogens with two attached hydrogens (primary N) is 1. The minimum atomic E-state index is -0.391. The molecular weight excluding hydrogens is 278 g/mol. The van der Waals surface area contributed by atoms with Gasteiger partial charge < -0.3 is 19.9 Å². The van der Waals surface area contributed by atoms with E-state index in [0.29, 0.717) is 19.3 Å². The van der Waals surface area contributed by atoms with Gasteiger partial charge in [-0.1, -0.05) is 19.1 Å². The van der Waals surface area contributed by atoms with E-state index < -0.39 is 6.10 Å². The molecule has 1 aliphatic rings. The van der Waals surface area contributed by atoms with Crippen LogP contribution in [0.2, 0.25) is 0 Å². The van der Waals surface area contributed by atoms with Gasteiger partial charge in [0.15, 0.2) is 0 Å². The van der Waals surface area contributed by atoms with Crippen LogP contribution in [-0.2, 0) is 11.3 Å². The molecule has 1 atom stereocenters. The van der Waals surface area contributed by atoms with Crippen molar-refractivity contribution in [1.29, 1.82) is 0 Å². The quantitative estimate of drug-likeness (QED) is 0.769. The van der Waals surface area contributed by atoms with Crippen LogP contribution >= 0.6 is 0 Å². The molecular formula is C18H30NO3+. The van der Waals surface area contributed by atoms with Gasteiger partial charge in [0, 0.05) is 0 Å². The summed E-state index contributed by atoms with van der Waals surface area (Å²) in [7, 11) is 1.66. The molecule has 2 rings (SSSR count). The Labute approximate surface area is 133 Å². The molecule has 1 aromatic carbocycles. The van der Waals surface area contributed by atoms with Crippen LogP contribution in [0.3, 0.4) is 0 Å². The van der Waals surface area contributed by atoms with Gasteiger partial charge in [-0.2, -0.15) is 0 Å². The maximum absolute atomic E-state index is 10.0. The molecule has 0 unspecified atom stereocenters. The van der Waals surface area contributed by atoms with Crippen LogP contribution in [0.15, 0.2) is 24.3 Å². The largest absolute Gasteiger partial charge is 0.497 e. The number of benzene rings is 1. The Morgan fingerprint density at radius 1 is 1.18 bits per heavy atom. The minimum Gasteiger partial charge on any atom is -0.497 e. The van der Waals surface area contributed by atoms with E-state index in [2.05, 4.69) is 12.2 Å². The van der Waals surface area contributed by atoms with Crippen molar-refractivity contribution in [3.63, 3.8) is 0 Å². The molecule has 1 fully saturated rings. The Morgan fingerprint density at radius 2 is 1.86 bits per heavy atom. The molecule has 4 heteroatoms. The lowest BCUT2D eigenvalue weighted by molar-refractivity contribution is -0.697. The molecule has 0 bridgehead atoms. The molecule has 4 nitrogen and oxygen atoms in total. The summed E-state index contributed by atoms with van der Waals surface area (Å²) in [5.41, 5.74) is 1.10. The Bertz CT molecular complexity index is 413. The number of aliphatic hydroxyl groups excluding tert-OH is 1. The van der Waals surface area contributed by atoms with Crippen molar-refractivity contribution in [2.75, 3.05) is 20.3 Å². The maximum Gasteiger partial charge on any atom is 0.126 e. The average Bonchev–Trinajstić information content (AvgIpc) is 2.55. The molecule has 0 radical (unpaired) electrons. The maximum atomic E-state index is 10.0.